The molecule has 1 aromatic heterocycles. The molecule has 3 aromatic rings. The fraction of sp³-hybridized carbons (Fsp3) is 0.250. The van der Waals surface area contributed by atoms with E-state index in [4.69, 9.17) is 5.10 Å². The summed E-state index contributed by atoms with van der Waals surface area (Å²) in [6.45, 7) is 3.90. The largest absolute Gasteiger partial charge is 0.339 e. The summed E-state index contributed by atoms with van der Waals surface area (Å²) in [4.78, 5) is 14.6. The van der Waals surface area contributed by atoms with Crippen molar-refractivity contribution in [1.29, 1.82) is 0 Å². The van der Waals surface area contributed by atoms with Crippen LogP contribution in [0.15, 0.2) is 72.9 Å². The molecule has 0 aliphatic carbocycles. The maximum atomic E-state index is 12.7. The lowest BCUT2D eigenvalue weighted by Crippen LogP contribution is -2.38. The average Bonchev–Trinajstić information content (AvgIpc) is 3.17. The number of para-hydroxylation sites is 1. The molecule has 0 N–H and O–H groups in total. The molecule has 2 heterocycles. The Morgan fingerprint density at radius 1 is 1.07 bits per heavy atom. The van der Waals surface area contributed by atoms with Crippen LogP contribution in [0.3, 0.4) is 0 Å². The van der Waals surface area contributed by atoms with Crippen molar-refractivity contribution < 1.29 is 4.79 Å². The molecule has 4 nitrogen and oxygen atoms in total. The average molecular weight is 371 g/mol. The lowest BCUT2D eigenvalue weighted by molar-refractivity contribution is -0.127. The molecule has 142 valence electrons. The van der Waals surface area contributed by atoms with Crippen molar-refractivity contribution in [2.75, 3.05) is 13.1 Å². The van der Waals surface area contributed by atoms with Gasteiger partial charge < -0.3 is 4.90 Å². The third kappa shape index (κ3) is 4.06. The van der Waals surface area contributed by atoms with Crippen molar-refractivity contribution in [2.24, 2.45) is 5.92 Å². The number of hydrogen-bond acceptors (Lipinski definition) is 2. The minimum absolute atomic E-state index is 0.0815. The predicted molar refractivity (Wildman–Crippen MR) is 113 cm³/mol. The van der Waals surface area contributed by atoms with Gasteiger partial charge in [-0.05, 0) is 37.0 Å². The number of rotatable bonds is 4. The van der Waals surface area contributed by atoms with Gasteiger partial charge in [-0.1, -0.05) is 55.5 Å². The van der Waals surface area contributed by atoms with Gasteiger partial charge in [0.25, 0.3) is 0 Å². The van der Waals surface area contributed by atoms with Gasteiger partial charge in [-0.25, -0.2) is 4.68 Å². The highest BCUT2D eigenvalue weighted by atomic mass is 16.2. The van der Waals surface area contributed by atoms with Crippen LogP contribution in [0, 0.1) is 5.92 Å². The van der Waals surface area contributed by atoms with Gasteiger partial charge in [0.15, 0.2) is 0 Å². The SMILES string of the molecule is CC1CCCN(C(=O)C=Cc2cn(-c3ccccc3)nc2-c2ccccc2)C1. The number of carbonyl (C=O) groups is 1. The zero-order valence-electron chi connectivity index (χ0n) is 16.2. The molecular formula is C24H25N3O. The highest BCUT2D eigenvalue weighted by Gasteiger charge is 2.19. The van der Waals surface area contributed by atoms with Crippen molar-refractivity contribution in [2.45, 2.75) is 19.8 Å². The van der Waals surface area contributed by atoms with Crippen molar-refractivity contribution >= 4 is 12.0 Å². The molecule has 1 atom stereocenters. The van der Waals surface area contributed by atoms with Crippen molar-refractivity contribution in [3.05, 3.63) is 78.5 Å². The number of likely N-dealkylation sites (tertiary alicyclic amines) is 1. The van der Waals surface area contributed by atoms with E-state index in [1.807, 2.05) is 82.5 Å². The van der Waals surface area contributed by atoms with Gasteiger partial charge in [-0.15, -0.1) is 0 Å². The summed E-state index contributed by atoms with van der Waals surface area (Å²) in [7, 11) is 0. The van der Waals surface area contributed by atoms with E-state index >= 15 is 0 Å². The topological polar surface area (TPSA) is 38.1 Å². The molecule has 1 fully saturated rings. The molecule has 0 saturated carbocycles. The number of aromatic nitrogens is 2. The highest BCUT2D eigenvalue weighted by molar-refractivity contribution is 5.93. The van der Waals surface area contributed by atoms with Crippen LogP contribution in [0.2, 0.25) is 0 Å². The summed E-state index contributed by atoms with van der Waals surface area (Å²) in [5, 5.41) is 4.79. The molecule has 1 amide bonds. The Labute approximate surface area is 166 Å². The van der Waals surface area contributed by atoms with Crippen LogP contribution in [0.4, 0.5) is 0 Å². The smallest absolute Gasteiger partial charge is 0.246 e. The van der Waals surface area contributed by atoms with Crippen molar-refractivity contribution in [3.8, 4) is 16.9 Å². The standard InChI is InChI=1S/C24H25N3O/c1-19-9-8-16-26(17-19)23(28)15-14-21-18-27(22-12-6-3-7-13-22)25-24(21)20-10-4-2-5-11-20/h2-7,10-15,18-19H,8-9,16-17H2,1H3. The van der Waals surface area contributed by atoms with E-state index in [0.29, 0.717) is 5.92 Å². The first-order valence-corrected chi connectivity index (χ1v) is 9.88. The maximum Gasteiger partial charge on any atom is 0.246 e. The number of hydrogen-bond donors (Lipinski definition) is 0. The Morgan fingerprint density at radius 3 is 2.50 bits per heavy atom. The zero-order valence-corrected chi connectivity index (χ0v) is 16.2. The summed E-state index contributed by atoms with van der Waals surface area (Å²) in [6.07, 6.45) is 7.87. The van der Waals surface area contributed by atoms with E-state index in [2.05, 4.69) is 6.92 Å². The van der Waals surface area contributed by atoms with E-state index in [1.165, 1.54) is 6.42 Å². The second kappa shape index (κ2) is 8.26. The number of piperidine rings is 1. The maximum absolute atomic E-state index is 12.7. The minimum Gasteiger partial charge on any atom is -0.339 e. The Balaban J connectivity index is 1.65. The van der Waals surface area contributed by atoms with Crippen LogP contribution in [0.5, 0.6) is 0 Å². The molecule has 1 aliphatic heterocycles. The Kier molecular flexibility index (Phi) is 5.38. The molecule has 4 rings (SSSR count). The van der Waals surface area contributed by atoms with E-state index in [1.54, 1.807) is 6.08 Å². The molecule has 0 radical (unpaired) electrons. The molecule has 2 aromatic carbocycles. The summed E-state index contributed by atoms with van der Waals surface area (Å²) in [5.74, 6) is 0.657. The molecule has 1 aliphatic rings. The lowest BCUT2D eigenvalue weighted by Gasteiger charge is -2.30. The van der Waals surface area contributed by atoms with E-state index < -0.39 is 0 Å². The van der Waals surface area contributed by atoms with Crippen LogP contribution >= 0.6 is 0 Å². The first-order valence-electron chi connectivity index (χ1n) is 9.88. The van der Waals surface area contributed by atoms with E-state index in [-0.39, 0.29) is 5.91 Å². The minimum atomic E-state index is 0.0815. The second-order valence-corrected chi connectivity index (χ2v) is 7.44. The summed E-state index contributed by atoms with van der Waals surface area (Å²) >= 11 is 0. The number of amides is 1. The Morgan fingerprint density at radius 2 is 1.79 bits per heavy atom. The Bertz CT molecular complexity index is 960. The molecular weight excluding hydrogens is 346 g/mol. The fourth-order valence-corrected chi connectivity index (χ4v) is 3.70. The van der Waals surface area contributed by atoms with Gasteiger partial charge in [-0.2, -0.15) is 5.10 Å². The van der Waals surface area contributed by atoms with Crippen molar-refractivity contribution in [1.82, 2.24) is 14.7 Å². The lowest BCUT2D eigenvalue weighted by atomic mass is 10.0. The van der Waals surface area contributed by atoms with Gasteiger partial charge >= 0.3 is 0 Å². The number of nitrogens with zero attached hydrogens (tertiary/aromatic N) is 3. The molecule has 1 saturated heterocycles. The van der Waals surface area contributed by atoms with Crippen LogP contribution in [0.1, 0.15) is 25.3 Å². The molecule has 1 unspecified atom stereocenters. The predicted octanol–water partition coefficient (Wildman–Crippen LogP) is 4.81. The van der Waals surface area contributed by atoms with Gasteiger partial charge in [0.1, 0.15) is 0 Å². The molecule has 4 heteroatoms. The summed E-state index contributed by atoms with van der Waals surface area (Å²) < 4.78 is 1.87. The fourth-order valence-electron chi connectivity index (χ4n) is 3.70. The van der Waals surface area contributed by atoms with Crippen LogP contribution < -0.4 is 0 Å². The third-order valence-electron chi connectivity index (χ3n) is 5.18. The first kappa shape index (κ1) is 18.2. The van der Waals surface area contributed by atoms with Crippen LogP contribution in [-0.4, -0.2) is 33.7 Å². The number of carbonyl (C=O) groups excluding carboxylic acids is 1. The van der Waals surface area contributed by atoms with Gasteiger partial charge in [-0.3, -0.25) is 4.79 Å². The van der Waals surface area contributed by atoms with Crippen LogP contribution in [-0.2, 0) is 4.79 Å². The van der Waals surface area contributed by atoms with Gasteiger partial charge in [0.05, 0.1) is 11.4 Å². The second-order valence-electron chi connectivity index (χ2n) is 7.44. The van der Waals surface area contributed by atoms with Gasteiger partial charge in [0.2, 0.25) is 5.91 Å². The zero-order chi connectivity index (χ0) is 19.3. The monoisotopic (exact) mass is 371 g/mol. The Hall–Kier alpha value is -3.14. The van der Waals surface area contributed by atoms with E-state index in [9.17, 15) is 4.79 Å². The third-order valence-corrected chi connectivity index (χ3v) is 5.18. The van der Waals surface area contributed by atoms with Crippen molar-refractivity contribution in [3.63, 3.8) is 0 Å². The first-order chi connectivity index (χ1) is 13.7. The van der Waals surface area contributed by atoms with Gasteiger partial charge in [0, 0.05) is 36.5 Å². The molecule has 0 bridgehead atoms. The van der Waals surface area contributed by atoms with Crippen LogP contribution in [0.25, 0.3) is 23.0 Å². The highest BCUT2D eigenvalue weighted by Crippen LogP contribution is 2.25. The normalized spacial score (nSPS) is 17.2. The molecule has 0 spiro atoms. The number of benzene rings is 2. The summed E-state index contributed by atoms with van der Waals surface area (Å²) in [5.41, 5.74) is 3.85. The summed E-state index contributed by atoms with van der Waals surface area (Å²) in [6, 6.07) is 20.1. The quantitative estimate of drug-likeness (QED) is 0.617. The van der Waals surface area contributed by atoms with E-state index in [0.717, 1.165) is 42.0 Å². The molecule has 28 heavy (non-hydrogen) atoms.